The van der Waals surface area contributed by atoms with E-state index >= 15 is 0 Å². The maximum absolute atomic E-state index is 12.2. The molecular weight excluding hydrogens is 318 g/mol. The van der Waals surface area contributed by atoms with Crippen LogP contribution in [0.5, 0.6) is 0 Å². The molecule has 2 amide bonds. The van der Waals surface area contributed by atoms with E-state index in [0.29, 0.717) is 0 Å². The topological polar surface area (TPSA) is 81.7 Å². The first-order valence-electron chi connectivity index (χ1n) is 9.14. The van der Waals surface area contributed by atoms with Gasteiger partial charge in [-0.1, -0.05) is 31.2 Å². The third-order valence-corrected chi connectivity index (χ3v) is 5.39. The highest BCUT2D eigenvalue weighted by molar-refractivity contribution is 5.75. The molecular formula is C19H27N3O3. The fraction of sp³-hybridized carbons (Fsp3) is 0.579. The molecule has 0 aliphatic heterocycles. The number of nitrogens with zero attached hydrogens (tertiary/aromatic N) is 1. The van der Waals surface area contributed by atoms with E-state index in [0.717, 1.165) is 38.6 Å². The van der Waals surface area contributed by atoms with Crippen LogP contribution >= 0.6 is 0 Å². The average Bonchev–Trinajstić information content (AvgIpc) is 2.55. The van der Waals surface area contributed by atoms with Crippen molar-refractivity contribution in [3.05, 3.63) is 35.4 Å². The highest BCUT2D eigenvalue weighted by atomic mass is 16.4. The van der Waals surface area contributed by atoms with Crippen molar-refractivity contribution >= 4 is 12.0 Å². The van der Waals surface area contributed by atoms with E-state index in [1.54, 1.807) is 0 Å². The van der Waals surface area contributed by atoms with E-state index in [1.807, 2.05) is 17.9 Å². The number of aryl methyl sites for hydroxylation is 1. The van der Waals surface area contributed by atoms with E-state index in [2.05, 4.69) is 28.8 Å². The van der Waals surface area contributed by atoms with Gasteiger partial charge < -0.3 is 15.7 Å². The fourth-order valence-corrected chi connectivity index (χ4v) is 3.91. The minimum Gasteiger partial charge on any atom is -0.480 e. The van der Waals surface area contributed by atoms with Crippen molar-refractivity contribution in [3.8, 4) is 0 Å². The van der Waals surface area contributed by atoms with Crippen molar-refractivity contribution in [3.63, 3.8) is 0 Å². The van der Waals surface area contributed by atoms with Crippen LogP contribution in [-0.4, -0.2) is 53.2 Å². The van der Waals surface area contributed by atoms with Gasteiger partial charge in [0.2, 0.25) is 0 Å². The van der Waals surface area contributed by atoms with Gasteiger partial charge in [-0.05, 0) is 49.8 Å². The zero-order chi connectivity index (χ0) is 17.8. The summed E-state index contributed by atoms with van der Waals surface area (Å²) in [7, 11) is 0. The van der Waals surface area contributed by atoms with Gasteiger partial charge in [0.15, 0.2) is 0 Å². The zero-order valence-corrected chi connectivity index (χ0v) is 14.7. The molecule has 0 saturated heterocycles. The second-order valence-electron chi connectivity index (χ2n) is 7.11. The summed E-state index contributed by atoms with van der Waals surface area (Å²) in [4.78, 5) is 25.0. The van der Waals surface area contributed by atoms with Crippen molar-refractivity contribution in [2.45, 2.75) is 57.2 Å². The van der Waals surface area contributed by atoms with E-state index in [1.165, 1.54) is 11.1 Å². The molecule has 2 aliphatic carbocycles. The van der Waals surface area contributed by atoms with Crippen LogP contribution in [0.2, 0.25) is 0 Å². The van der Waals surface area contributed by atoms with Crippen LogP contribution in [-0.2, 0) is 17.6 Å². The standard InChI is InChI=1S/C19H27N3O3/c1-2-22(12-18(23)24)17-10-16(11-17)21-19(25)20-15-8-7-13-5-3-4-6-14(13)9-15/h3-6,15-17H,2,7-12H2,1H3,(H,23,24)(H2,20,21,25). The number of hydrogen-bond acceptors (Lipinski definition) is 3. The fourth-order valence-electron chi connectivity index (χ4n) is 3.91. The third-order valence-electron chi connectivity index (χ3n) is 5.39. The predicted molar refractivity (Wildman–Crippen MR) is 95.6 cm³/mol. The average molecular weight is 345 g/mol. The number of carboxylic acid groups (broad SMARTS) is 1. The highest BCUT2D eigenvalue weighted by Crippen LogP contribution is 2.26. The van der Waals surface area contributed by atoms with Gasteiger partial charge in [0.25, 0.3) is 0 Å². The summed E-state index contributed by atoms with van der Waals surface area (Å²) in [6.45, 7) is 2.76. The van der Waals surface area contributed by atoms with Gasteiger partial charge in [-0.25, -0.2) is 4.79 Å². The molecule has 3 rings (SSSR count). The Kier molecular flexibility index (Phi) is 5.58. The highest BCUT2D eigenvalue weighted by Gasteiger charge is 2.35. The Morgan fingerprint density at radius 1 is 1.16 bits per heavy atom. The summed E-state index contributed by atoms with van der Waals surface area (Å²) >= 11 is 0. The summed E-state index contributed by atoms with van der Waals surface area (Å²) < 4.78 is 0. The van der Waals surface area contributed by atoms with Crippen molar-refractivity contribution < 1.29 is 14.7 Å². The lowest BCUT2D eigenvalue weighted by atomic mass is 9.85. The first-order valence-corrected chi connectivity index (χ1v) is 9.14. The molecule has 0 aromatic heterocycles. The lowest BCUT2D eigenvalue weighted by Crippen LogP contribution is -2.57. The Hall–Kier alpha value is -2.08. The Labute approximate surface area is 148 Å². The molecule has 0 bridgehead atoms. The van der Waals surface area contributed by atoms with Crippen LogP contribution in [0.25, 0.3) is 0 Å². The van der Waals surface area contributed by atoms with E-state index < -0.39 is 5.97 Å². The molecule has 25 heavy (non-hydrogen) atoms. The molecule has 1 aromatic rings. The first-order chi connectivity index (χ1) is 12.0. The van der Waals surface area contributed by atoms with E-state index in [4.69, 9.17) is 5.11 Å². The van der Waals surface area contributed by atoms with Crippen molar-refractivity contribution in [2.75, 3.05) is 13.1 Å². The SMILES string of the molecule is CCN(CC(=O)O)C1CC(NC(=O)NC2CCc3ccccc3C2)C1. The number of rotatable bonds is 6. The number of fused-ring (bicyclic) bond motifs is 1. The summed E-state index contributed by atoms with van der Waals surface area (Å²) in [6, 6.07) is 8.90. The number of carboxylic acids is 1. The van der Waals surface area contributed by atoms with Crippen LogP contribution in [0.15, 0.2) is 24.3 Å². The molecule has 1 fully saturated rings. The molecule has 0 spiro atoms. The predicted octanol–water partition coefficient (Wildman–Crippen LogP) is 1.78. The maximum atomic E-state index is 12.2. The van der Waals surface area contributed by atoms with Gasteiger partial charge >= 0.3 is 12.0 Å². The number of benzene rings is 1. The Morgan fingerprint density at radius 3 is 2.52 bits per heavy atom. The summed E-state index contributed by atoms with van der Waals surface area (Å²) in [5.74, 6) is -0.798. The number of carbonyl (C=O) groups excluding carboxylic acids is 1. The number of carbonyl (C=O) groups is 2. The van der Waals surface area contributed by atoms with Crippen molar-refractivity contribution in [1.29, 1.82) is 0 Å². The van der Waals surface area contributed by atoms with Crippen molar-refractivity contribution in [1.82, 2.24) is 15.5 Å². The summed E-state index contributed by atoms with van der Waals surface area (Å²) in [6.07, 6.45) is 4.51. The van der Waals surface area contributed by atoms with Gasteiger partial charge in [0.05, 0.1) is 6.54 Å². The Morgan fingerprint density at radius 2 is 1.84 bits per heavy atom. The van der Waals surface area contributed by atoms with Crippen LogP contribution < -0.4 is 10.6 Å². The van der Waals surface area contributed by atoms with Gasteiger partial charge in [0.1, 0.15) is 0 Å². The number of amides is 2. The molecule has 1 unspecified atom stereocenters. The monoisotopic (exact) mass is 345 g/mol. The number of urea groups is 1. The second kappa shape index (κ2) is 7.87. The maximum Gasteiger partial charge on any atom is 0.317 e. The van der Waals surface area contributed by atoms with Gasteiger partial charge in [0, 0.05) is 18.1 Å². The normalized spacial score (nSPS) is 25.0. The minimum absolute atomic E-state index is 0.0710. The quantitative estimate of drug-likeness (QED) is 0.734. The van der Waals surface area contributed by atoms with E-state index in [-0.39, 0.29) is 30.7 Å². The lowest BCUT2D eigenvalue weighted by molar-refractivity contribution is -0.139. The smallest absolute Gasteiger partial charge is 0.317 e. The molecule has 0 heterocycles. The van der Waals surface area contributed by atoms with Gasteiger partial charge in [-0.2, -0.15) is 0 Å². The second-order valence-corrected chi connectivity index (χ2v) is 7.11. The first kappa shape index (κ1) is 17.7. The van der Waals surface area contributed by atoms with Crippen molar-refractivity contribution in [2.24, 2.45) is 0 Å². The minimum atomic E-state index is -0.798. The number of aliphatic carboxylic acids is 1. The summed E-state index contributed by atoms with van der Waals surface area (Å²) in [5, 5.41) is 15.0. The van der Waals surface area contributed by atoms with E-state index in [9.17, 15) is 9.59 Å². The molecule has 6 nitrogen and oxygen atoms in total. The van der Waals surface area contributed by atoms with Crippen LogP contribution in [0.3, 0.4) is 0 Å². The molecule has 136 valence electrons. The van der Waals surface area contributed by atoms with Crippen LogP contribution in [0, 0.1) is 0 Å². The zero-order valence-electron chi connectivity index (χ0n) is 14.7. The number of likely N-dealkylation sites (N-methyl/N-ethyl adjacent to an activating group) is 1. The Bertz CT molecular complexity index is 628. The third kappa shape index (κ3) is 4.51. The molecule has 1 aromatic carbocycles. The molecule has 6 heteroatoms. The number of nitrogens with one attached hydrogen (secondary N) is 2. The lowest BCUT2D eigenvalue weighted by Gasteiger charge is -2.42. The molecule has 1 atom stereocenters. The molecule has 0 radical (unpaired) electrons. The molecule has 1 saturated carbocycles. The largest absolute Gasteiger partial charge is 0.480 e. The Balaban J connectivity index is 1.40. The van der Waals surface area contributed by atoms with Crippen LogP contribution in [0.4, 0.5) is 4.79 Å². The summed E-state index contributed by atoms with van der Waals surface area (Å²) in [5.41, 5.74) is 2.72. The van der Waals surface area contributed by atoms with Gasteiger partial charge in [-0.15, -0.1) is 0 Å². The molecule has 2 aliphatic rings. The van der Waals surface area contributed by atoms with Gasteiger partial charge in [-0.3, -0.25) is 9.69 Å². The molecule has 3 N–H and O–H groups in total. The number of hydrogen-bond donors (Lipinski definition) is 3. The van der Waals surface area contributed by atoms with Crippen LogP contribution in [0.1, 0.15) is 37.3 Å².